The minimum atomic E-state index is -0.271. The average molecular weight is 631 g/mol. The quantitative estimate of drug-likeness (QED) is 0.0408. The van der Waals surface area contributed by atoms with Gasteiger partial charge in [0.15, 0.2) is 0 Å². The molecular formula is C38H70N4O3. The van der Waals surface area contributed by atoms with E-state index in [0.29, 0.717) is 13.0 Å². The molecule has 0 bridgehead atoms. The Balaban J connectivity index is 2.06. The van der Waals surface area contributed by atoms with Crippen molar-refractivity contribution < 1.29 is 14.3 Å². The van der Waals surface area contributed by atoms with Gasteiger partial charge in [0.05, 0.1) is 18.5 Å². The minimum absolute atomic E-state index is 0.0618. The first kappa shape index (κ1) is 40.7. The highest BCUT2D eigenvalue weighted by Gasteiger charge is 2.18. The van der Waals surface area contributed by atoms with Crippen LogP contribution in [0.2, 0.25) is 0 Å². The molecule has 1 aromatic heterocycles. The fourth-order valence-electron chi connectivity index (χ4n) is 5.62. The third kappa shape index (κ3) is 26.6. The number of carbonyl (C=O) groups is 2. The van der Waals surface area contributed by atoms with Gasteiger partial charge in [-0.05, 0) is 51.4 Å². The second kappa shape index (κ2) is 31.7. The molecule has 0 aromatic carbocycles. The maximum atomic E-state index is 13.0. The summed E-state index contributed by atoms with van der Waals surface area (Å²) in [4.78, 5) is 24.9. The second-order valence-electron chi connectivity index (χ2n) is 12.9. The molecular weight excluding hydrogens is 560 g/mol. The number of amides is 1. The van der Waals surface area contributed by atoms with Gasteiger partial charge in [-0.3, -0.25) is 14.7 Å². The molecule has 0 aliphatic carbocycles. The number of anilines is 1. The first-order chi connectivity index (χ1) is 22.2. The number of hydrogen-bond acceptors (Lipinski definition) is 5. The molecule has 3 N–H and O–H groups in total. The highest BCUT2D eigenvalue weighted by Crippen LogP contribution is 2.14. The van der Waals surface area contributed by atoms with Gasteiger partial charge < -0.3 is 15.4 Å². The zero-order chi connectivity index (χ0) is 32.5. The van der Waals surface area contributed by atoms with Crippen LogP contribution in [0.4, 0.5) is 5.69 Å². The Kier molecular flexibility index (Phi) is 28.6. The minimum Gasteiger partial charge on any atom is -0.466 e. The summed E-state index contributed by atoms with van der Waals surface area (Å²) in [6.07, 6.45) is 38.5. The van der Waals surface area contributed by atoms with Crippen LogP contribution in [0.15, 0.2) is 24.5 Å². The average Bonchev–Trinajstić information content (AvgIpc) is 3.56. The van der Waals surface area contributed by atoms with Crippen molar-refractivity contribution in [1.29, 1.82) is 0 Å². The Hall–Kier alpha value is -2.31. The SMILES string of the molecule is CCCCCCCC/C=C\CCCCCCCCNC(=O)C(CCCCCCOC(=O)CCCCCCCC)Nc1cn[nH]c1. The van der Waals surface area contributed by atoms with Crippen molar-refractivity contribution in [1.82, 2.24) is 15.5 Å². The maximum absolute atomic E-state index is 13.0. The van der Waals surface area contributed by atoms with Crippen molar-refractivity contribution in [3.8, 4) is 0 Å². The number of hydrogen-bond donors (Lipinski definition) is 3. The smallest absolute Gasteiger partial charge is 0.305 e. The Morgan fingerprint density at radius 2 is 1.29 bits per heavy atom. The van der Waals surface area contributed by atoms with Gasteiger partial charge in [0.1, 0.15) is 6.04 Å². The number of aromatic nitrogens is 2. The largest absolute Gasteiger partial charge is 0.466 e. The summed E-state index contributed by atoms with van der Waals surface area (Å²) in [5.41, 5.74) is 0.838. The van der Waals surface area contributed by atoms with E-state index in [4.69, 9.17) is 4.74 Å². The van der Waals surface area contributed by atoms with E-state index < -0.39 is 0 Å². The fraction of sp³-hybridized carbons (Fsp3) is 0.816. The predicted molar refractivity (Wildman–Crippen MR) is 190 cm³/mol. The van der Waals surface area contributed by atoms with E-state index in [1.807, 2.05) is 0 Å². The summed E-state index contributed by atoms with van der Waals surface area (Å²) < 4.78 is 5.40. The fourth-order valence-corrected chi connectivity index (χ4v) is 5.62. The highest BCUT2D eigenvalue weighted by atomic mass is 16.5. The van der Waals surface area contributed by atoms with Crippen LogP contribution in [0, 0.1) is 0 Å². The molecule has 1 aromatic rings. The third-order valence-corrected chi connectivity index (χ3v) is 8.53. The molecule has 1 amide bonds. The van der Waals surface area contributed by atoms with E-state index in [2.05, 4.69) is 46.8 Å². The monoisotopic (exact) mass is 631 g/mol. The number of nitrogens with one attached hydrogen (secondary N) is 3. The molecule has 1 unspecified atom stereocenters. The van der Waals surface area contributed by atoms with Crippen molar-refractivity contribution >= 4 is 17.6 Å². The molecule has 0 saturated carbocycles. The van der Waals surface area contributed by atoms with Crippen molar-refractivity contribution in [3.05, 3.63) is 24.5 Å². The molecule has 0 fully saturated rings. The van der Waals surface area contributed by atoms with Crippen molar-refractivity contribution in [2.24, 2.45) is 0 Å². The van der Waals surface area contributed by atoms with E-state index >= 15 is 0 Å². The molecule has 260 valence electrons. The van der Waals surface area contributed by atoms with E-state index in [0.717, 1.165) is 70.0 Å². The summed E-state index contributed by atoms with van der Waals surface area (Å²) in [6, 6.07) is -0.271. The molecule has 0 aliphatic heterocycles. The molecule has 7 nitrogen and oxygen atoms in total. The number of H-pyrrole nitrogens is 1. The number of ether oxygens (including phenoxy) is 1. The molecule has 0 aliphatic rings. The summed E-state index contributed by atoms with van der Waals surface area (Å²) in [7, 11) is 0. The van der Waals surface area contributed by atoms with Crippen LogP contribution in [0.3, 0.4) is 0 Å². The highest BCUT2D eigenvalue weighted by molar-refractivity contribution is 5.84. The normalized spacial score (nSPS) is 12.0. The van der Waals surface area contributed by atoms with Gasteiger partial charge in [-0.1, -0.05) is 135 Å². The molecule has 0 saturated heterocycles. The Bertz CT molecular complexity index is 812. The lowest BCUT2D eigenvalue weighted by atomic mass is 10.1. The van der Waals surface area contributed by atoms with Crippen LogP contribution in [-0.2, 0) is 14.3 Å². The number of rotatable bonds is 33. The molecule has 0 radical (unpaired) electrons. The number of aromatic amines is 1. The first-order valence-corrected chi connectivity index (χ1v) is 19.0. The lowest BCUT2D eigenvalue weighted by Crippen LogP contribution is -2.40. The van der Waals surface area contributed by atoms with Gasteiger partial charge in [-0.2, -0.15) is 5.10 Å². The topological polar surface area (TPSA) is 96.1 Å². The van der Waals surface area contributed by atoms with E-state index in [9.17, 15) is 9.59 Å². The van der Waals surface area contributed by atoms with E-state index in [1.165, 1.54) is 103 Å². The van der Waals surface area contributed by atoms with Crippen molar-refractivity contribution in [3.63, 3.8) is 0 Å². The molecule has 7 heteroatoms. The zero-order valence-electron chi connectivity index (χ0n) is 29.4. The number of unbranched alkanes of at least 4 members (excludes halogenated alkanes) is 20. The Morgan fingerprint density at radius 3 is 1.91 bits per heavy atom. The molecule has 45 heavy (non-hydrogen) atoms. The van der Waals surface area contributed by atoms with Gasteiger partial charge in [-0.15, -0.1) is 0 Å². The van der Waals surface area contributed by atoms with Gasteiger partial charge in [0, 0.05) is 19.2 Å². The molecule has 1 rings (SSSR count). The standard InChI is InChI=1S/C38H70N4O3/c1-3-5-7-9-11-12-13-14-15-16-17-18-19-20-23-27-31-39-38(44)36(42-35-33-40-41-34-35)29-25-22-24-28-32-45-37(43)30-26-21-10-8-6-4-2/h14-15,33-34,36,42H,3-13,16-32H2,1-2H3,(H,39,44)(H,40,41)/b15-14-. The van der Waals surface area contributed by atoms with Gasteiger partial charge in [0.2, 0.25) is 5.91 Å². The summed E-state index contributed by atoms with van der Waals surface area (Å²) in [5, 5.41) is 13.3. The van der Waals surface area contributed by atoms with Gasteiger partial charge in [-0.25, -0.2) is 0 Å². The molecule has 0 spiro atoms. The first-order valence-electron chi connectivity index (χ1n) is 19.0. The third-order valence-electron chi connectivity index (χ3n) is 8.53. The van der Waals surface area contributed by atoms with Gasteiger partial charge in [0.25, 0.3) is 0 Å². The Morgan fingerprint density at radius 1 is 0.733 bits per heavy atom. The van der Waals surface area contributed by atoms with Crippen LogP contribution in [0.25, 0.3) is 0 Å². The zero-order valence-corrected chi connectivity index (χ0v) is 29.4. The Labute approximate surface area is 276 Å². The van der Waals surface area contributed by atoms with Crippen molar-refractivity contribution in [2.75, 3.05) is 18.5 Å². The number of carbonyl (C=O) groups excluding carboxylic acids is 2. The summed E-state index contributed by atoms with van der Waals surface area (Å²) >= 11 is 0. The molecule has 1 atom stereocenters. The number of esters is 1. The lowest BCUT2D eigenvalue weighted by Gasteiger charge is -2.18. The predicted octanol–water partition coefficient (Wildman–Crippen LogP) is 10.6. The second-order valence-corrected chi connectivity index (χ2v) is 12.9. The van der Waals surface area contributed by atoms with Crippen molar-refractivity contribution in [2.45, 2.75) is 187 Å². The van der Waals surface area contributed by atoms with E-state index in [1.54, 1.807) is 12.4 Å². The summed E-state index contributed by atoms with van der Waals surface area (Å²) in [6.45, 7) is 5.72. The van der Waals surface area contributed by atoms with Crippen LogP contribution in [0.1, 0.15) is 181 Å². The number of nitrogens with zero attached hydrogens (tertiary/aromatic N) is 1. The van der Waals surface area contributed by atoms with Crippen LogP contribution < -0.4 is 10.6 Å². The number of allylic oxidation sites excluding steroid dienone is 2. The maximum Gasteiger partial charge on any atom is 0.305 e. The van der Waals surface area contributed by atoms with Crippen LogP contribution in [0.5, 0.6) is 0 Å². The van der Waals surface area contributed by atoms with E-state index in [-0.39, 0.29) is 17.9 Å². The van der Waals surface area contributed by atoms with Crippen LogP contribution in [-0.4, -0.2) is 41.3 Å². The summed E-state index contributed by atoms with van der Waals surface area (Å²) in [5.74, 6) is 0.000815. The van der Waals surface area contributed by atoms with Gasteiger partial charge >= 0.3 is 5.97 Å². The van der Waals surface area contributed by atoms with Crippen LogP contribution >= 0.6 is 0 Å². The lowest BCUT2D eigenvalue weighted by molar-refractivity contribution is -0.143. The molecule has 1 heterocycles.